The van der Waals surface area contributed by atoms with E-state index in [9.17, 15) is 4.79 Å². The van der Waals surface area contributed by atoms with E-state index >= 15 is 0 Å². The number of aromatic nitrogens is 1. The molecule has 1 unspecified atom stereocenters. The van der Waals surface area contributed by atoms with Gasteiger partial charge >= 0.3 is 0 Å². The summed E-state index contributed by atoms with van der Waals surface area (Å²) in [7, 11) is 0. The van der Waals surface area contributed by atoms with Crippen molar-refractivity contribution in [3.8, 4) is 0 Å². The predicted molar refractivity (Wildman–Crippen MR) is 98.1 cm³/mol. The van der Waals surface area contributed by atoms with Crippen molar-refractivity contribution >= 4 is 23.3 Å². The van der Waals surface area contributed by atoms with Gasteiger partial charge in [-0.15, -0.1) is 11.3 Å². The van der Waals surface area contributed by atoms with Crippen molar-refractivity contribution in [1.82, 2.24) is 10.3 Å². The number of nitrogens with one attached hydrogen (secondary N) is 1. The van der Waals surface area contributed by atoms with Crippen LogP contribution in [-0.2, 0) is 16.1 Å². The Morgan fingerprint density at radius 2 is 2.12 bits per heavy atom. The van der Waals surface area contributed by atoms with Crippen molar-refractivity contribution in [3.63, 3.8) is 0 Å². The number of nitrogens with zero attached hydrogens (tertiary/aromatic N) is 2. The van der Waals surface area contributed by atoms with Crippen LogP contribution in [0.4, 0.5) is 0 Å². The van der Waals surface area contributed by atoms with Crippen molar-refractivity contribution in [1.29, 1.82) is 0 Å². The van der Waals surface area contributed by atoms with Crippen LogP contribution >= 0.6 is 11.3 Å². The summed E-state index contributed by atoms with van der Waals surface area (Å²) in [5.41, 5.74) is 3.89. The number of carbonyl (C=O) groups excluding carboxylic acids is 1. The van der Waals surface area contributed by atoms with Crippen molar-refractivity contribution in [3.05, 3.63) is 51.5 Å². The lowest BCUT2D eigenvalue weighted by Crippen LogP contribution is -2.26. The predicted octanol–water partition coefficient (Wildman–Crippen LogP) is 3.22. The Hall–Kier alpha value is -2.05. The molecule has 2 aliphatic rings. The number of oxime groups is 1. The molecule has 1 aromatic carbocycles. The first-order chi connectivity index (χ1) is 12.3. The lowest BCUT2D eigenvalue weighted by Gasteiger charge is -2.20. The molecule has 0 bridgehead atoms. The molecular formula is C19H21N3O2S. The highest BCUT2D eigenvalue weighted by Gasteiger charge is 2.28. The maximum Gasteiger partial charge on any atom is 0.158 e. The molecule has 3 heterocycles. The van der Waals surface area contributed by atoms with E-state index in [1.165, 1.54) is 5.01 Å². The minimum Gasteiger partial charge on any atom is -0.387 e. The fourth-order valence-electron chi connectivity index (χ4n) is 3.50. The van der Waals surface area contributed by atoms with Gasteiger partial charge in [0.15, 0.2) is 6.10 Å². The van der Waals surface area contributed by atoms with E-state index in [1.807, 2.05) is 24.3 Å². The highest BCUT2D eigenvalue weighted by molar-refractivity contribution is 7.09. The van der Waals surface area contributed by atoms with Gasteiger partial charge in [0.25, 0.3) is 0 Å². The van der Waals surface area contributed by atoms with Gasteiger partial charge in [-0.25, -0.2) is 4.98 Å². The molecule has 0 spiro atoms. The summed E-state index contributed by atoms with van der Waals surface area (Å²) >= 11 is 1.73. The van der Waals surface area contributed by atoms with E-state index in [-0.39, 0.29) is 6.10 Å². The smallest absolute Gasteiger partial charge is 0.158 e. The minimum absolute atomic E-state index is 0.129. The molecule has 0 aliphatic carbocycles. The topological polar surface area (TPSA) is 63.6 Å². The second-order valence-corrected chi connectivity index (χ2v) is 7.39. The molecule has 6 heteroatoms. The number of benzene rings is 1. The van der Waals surface area contributed by atoms with Crippen LogP contribution in [0.15, 0.2) is 34.8 Å². The molecule has 0 amide bonds. The average molecular weight is 355 g/mol. The van der Waals surface area contributed by atoms with Gasteiger partial charge in [-0.3, -0.25) is 0 Å². The summed E-state index contributed by atoms with van der Waals surface area (Å²) in [6.07, 6.45) is 4.21. The maximum absolute atomic E-state index is 10.9. The molecule has 130 valence electrons. The monoisotopic (exact) mass is 355 g/mol. The second-order valence-electron chi connectivity index (χ2n) is 6.50. The largest absolute Gasteiger partial charge is 0.387 e. The lowest BCUT2D eigenvalue weighted by atomic mass is 9.97. The number of thiazole rings is 1. The molecule has 25 heavy (non-hydrogen) atoms. The quantitative estimate of drug-likeness (QED) is 0.837. The van der Waals surface area contributed by atoms with Gasteiger partial charge in [0.2, 0.25) is 0 Å². The Morgan fingerprint density at radius 1 is 1.28 bits per heavy atom. The van der Waals surface area contributed by atoms with Crippen molar-refractivity contribution in [2.75, 3.05) is 13.1 Å². The van der Waals surface area contributed by atoms with Crippen LogP contribution in [0.5, 0.6) is 0 Å². The van der Waals surface area contributed by atoms with Crippen LogP contribution in [-0.4, -0.2) is 30.1 Å². The summed E-state index contributed by atoms with van der Waals surface area (Å²) in [5, 5.41) is 11.0. The molecule has 1 aromatic heterocycles. The Labute approximate surface area is 151 Å². The Kier molecular flexibility index (Phi) is 4.90. The number of hydrogen-bond donors (Lipinski definition) is 1. The minimum atomic E-state index is -0.129. The van der Waals surface area contributed by atoms with Crippen LogP contribution in [0.25, 0.3) is 0 Å². The van der Waals surface area contributed by atoms with Gasteiger partial charge in [0.1, 0.15) is 12.0 Å². The first kappa shape index (κ1) is 16.4. The molecule has 0 radical (unpaired) electrons. The van der Waals surface area contributed by atoms with Crippen LogP contribution in [0.1, 0.15) is 53.1 Å². The third-order valence-electron chi connectivity index (χ3n) is 4.88. The maximum atomic E-state index is 10.9. The molecule has 2 aromatic rings. The average Bonchev–Trinajstić information content (AvgIpc) is 3.33. The highest BCUT2D eigenvalue weighted by atomic mass is 32.1. The number of rotatable bonds is 5. The van der Waals surface area contributed by atoms with Gasteiger partial charge in [-0.05, 0) is 37.1 Å². The standard InChI is InChI=1S/C19H21N3O2S/c23-10-7-13-3-1-2-4-15(13)18-11-16(22-24-18)17-12-25-19(21-17)14-5-8-20-9-6-14/h1-4,10,12,14,18,20H,5-9,11H2. The molecule has 1 atom stereocenters. The molecular weight excluding hydrogens is 334 g/mol. The molecule has 1 saturated heterocycles. The zero-order valence-electron chi connectivity index (χ0n) is 14.0. The van der Waals surface area contributed by atoms with E-state index in [0.717, 1.165) is 54.7 Å². The number of carbonyl (C=O) groups is 1. The SMILES string of the molecule is O=CCc1ccccc1C1CC(c2csc(C3CCNCC3)n2)=NO1. The van der Waals surface area contributed by atoms with E-state index < -0.39 is 0 Å². The van der Waals surface area contributed by atoms with Gasteiger partial charge < -0.3 is 14.9 Å². The third-order valence-corrected chi connectivity index (χ3v) is 5.89. The van der Waals surface area contributed by atoms with Crippen molar-refractivity contribution < 1.29 is 9.63 Å². The van der Waals surface area contributed by atoms with E-state index in [4.69, 9.17) is 9.82 Å². The van der Waals surface area contributed by atoms with Gasteiger partial charge in [-0.2, -0.15) is 0 Å². The van der Waals surface area contributed by atoms with Crippen molar-refractivity contribution in [2.45, 2.75) is 37.7 Å². The van der Waals surface area contributed by atoms with Crippen LogP contribution in [0.2, 0.25) is 0 Å². The summed E-state index contributed by atoms with van der Waals surface area (Å²) < 4.78 is 0. The lowest BCUT2D eigenvalue weighted by molar-refractivity contribution is -0.107. The van der Waals surface area contributed by atoms with E-state index in [2.05, 4.69) is 15.9 Å². The van der Waals surface area contributed by atoms with Crippen molar-refractivity contribution in [2.24, 2.45) is 5.16 Å². The van der Waals surface area contributed by atoms with Crippen LogP contribution in [0, 0.1) is 0 Å². The summed E-state index contributed by atoms with van der Waals surface area (Å²) in [5.74, 6) is 0.562. The van der Waals surface area contributed by atoms with Gasteiger partial charge in [0.05, 0.1) is 10.7 Å². The molecule has 4 rings (SSSR count). The first-order valence-electron chi connectivity index (χ1n) is 8.76. The van der Waals surface area contributed by atoms with Gasteiger partial charge in [-0.1, -0.05) is 29.4 Å². The summed E-state index contributed by atoms with van der Waals surface area (Å²) in [6.45, 7) is 2.14. The molecule has 5 nitrogen and oxygen atoms in total. The van der Waals surface area contributed by atoms with Crippen LogP contribution < -0.4 is 5.32 Å². The first-order valence-corrected chi connectivity index (χ1v) is 9.63. The summed E-state index contributed by atoms with van der Waals surface area (Å²) in [4.78, 5) is 21.4. The summed E-state index contributed by atoms with van der Waals surface area (Å²) in [6, 6.07) is 7.92. The van der Waals surface area contributed by atoms with Gasteiger partial charge in [0, 0.05) is 24.1 Å². The Bertz CT molecular complexity index is 780. The zero-order valence-corrected chi connectivity index (χ0v) is 14.8. The third kappa shape index (κ3) is 3.50. The number of piperidine rings is 1. The number of hydrogen-bond acceptors (Lipinski definition) is 6. The number of aldehydes is 1. The fourth-order valence-corrected chi connectivity index (χ4v) is 4.50. The molecule has 2 aliphatic heterocycles. The highest BCUT2D eigenvalue weighted by Crippen LogP contribution is 2.33. The normalized spacial score (nSPS) is 21.0. The zero-order chi connectivity index (χ0) is 17.1. The Morgan fingerprint density at radius 3 is 2.96 bits per heavy atom. The fraction of sp³-hybridized carbons (Fsp3) is 0.421. The van der Waals surface area contributed by atoms with E-state index in [1.54, 1.807) is 11.3 Å². The second kappa shape index (κ2) is 7.45. The molecule has 0 saturated carbocycles. The molecule has 1 N–H and O–H groups in total. The molecule has 1 fully saturated rings. The van der Waals surface area contributed by atoms with Crippen LogP contribution in [0.3, 0.4) is 0 Å². The van der Waals surface area contributed by atoms with E-state index in [0.29, 0.717) is 18.8 Å². The Balaban J connectivity index is 1.47.